The van der Waals surface area contributed by atoms with Crippen molar-refractivity contribution >= 4 is 16.7 Å². The molecule has 8 nitrogen and oxygen atoms in total. The Kier molecular flexibility index (Phi) is 4.63. The standard InChI is InChI=1S/C24H25N5O3/c1-13-11-29(22(30)21-14(2)28-23(32-21)24(3,4)31)20(19-18(13)26-12-27-19)17-9-15-7-5-6-8-16(15)10-25-17/h5-10,12-13,20,31H,11H2,1-4H3,(H,26,27)/t13-,20+/m0/s1. The Morgan fingerprint density at radius 1 is 1.25 bits per heavy atom. The number of oxazole rings is 1. The van der Waals surface area contributed by atoms with Gasteiger partial charge in [-0.3, -0.25) is 9.78 Å². The number of H-pyrrole nitrogens is 1. The van der Waals surface area contributed by atoms with Gasteiger partial charge in [0.15, 0.2) is 0 Å². The zero-order chi connectivity index (χ0) is 22.6. The lowest BCUT2D eigenvalue weighted by Gasteiger charge is -2.37. The normalized spacial score (nSPS) is 18.7. The van der Waals surface area contributed by atoms with Crippen LogP contribution in [0.15, 0.2) is 47.3 Å². The summed E-state index contributed by atoms with van der Waals surface area (Å²) in [5.41, 5.74) is 1.68. The van der Waals surface area contributed by atoms with Gasteiger partial charge < -0.3 is 19.4 Å². The quantitative estimate of drug-likeness (QED) is 0.510. The highest BCUT2D eigenvalue weighted by Crippen LogP contribution is 2.39. The molecule has 0 aliphatic carbocycles. The number of benzene rings is 1. The van der Waals surface area contributed by atoms with Gasteiger partial charge in [0.05, 0.1) is 29.1 Å². The minimum absolute atomic E-state index is 0.0360. The van der Waals surface area contributed by atoms with Gasteiger partial charge >= 0.3 is 0 Å². The molecule has 8 heteroatoms. The number of carbonyl (C=O) groups excluding carboxylic acids is 1. The predicted molar refractivity (Wildman–Crippen MR) is 118 cm³/mol. The van der Waals surface area contributed by atoms with Gasteiger partial charge in [-0.2, -0.15) is 0 Å². The van der Waals surface area contributed by atoms with Gasteiger partial charge in [0.1, 0.15) is 11.6 Å². The number of imidazole rings is 1. The van der Waals surface area contributed by atoms with Crippen LogP contribution in [-0.2, 0) is 5.60 Å². The molecule has 0 spiro atoms. The van der Waals surface area contributed by atoms with Crippen LogP contribution in [0.2, 0.25) is 0 Å². The number of aromatic amines is 1. The number of aromatic nitrogens is 4. The molecule has 32 heavy (non-hydrogen) atoms. The van der Waals surface area contributed by atoms with Gasteiger partial charge in [-0.1, -0.05) is 31.2 Å². The first-order valence-corrected chi connectivity index (χ1v) is 10.6. The van der Waals surface area contributed by atoms with E-state index in [2.05, 4.69) is 15.0 Å². The Labute approximate surface area is 185 Å². The maximum Gasteiger partial charge on any atom is 0.292 e. The second-order valence-corrected chi connectivity index (χ2v) is 8.91. The molecule has 0 bridgehead atoms. The van der Waals surface area contributed by atoms with Crippen LogP contribution in [-0.4, -0.2) is 42.4 Å². The molecule has 1 amide bonds. The molecule has 0 saturated heterocycles. The topological polar surface area (TPSA) is 108 Å². The van der Waals surface area contributed by atoms with Gasteiger partial charge in [0.25, 0.3) is 5.91 Å². The number of hydrogen-bond donors (Lipinski definition) is 2. The molecule has 2 atom stereocenters. The lowest BCUT2D eigenvalue weighted by Crippen LogP contribution is -2.42. The predicted octanol–water partition coefficient (Wildman–Crippen LogP) is 3.83. The Morgan fingerprint density at radius 3 is 2.72 bits per heavy atom. The molecule has 0 fully saturated rings. The van der Waals surface area contributed by atoms with Crippen molar-refractivity contribution in [3.63, 3.8) is 0 Å². The fourth-order valence-electron chi connectivity index (χ4n) is 4.31. The van der Waals surface area contributed by atoms with E-state index in [1.165, 1.54) is 0 Å². The molecule has 1 aromatic carbocycles. The van der Waals surface area contributed by atoms with E-state index in [-0.39, 0.29) is 23.5 Å². The molecule has 2 N–H and O–H groups in total. The molecular formula is C24H25N5O3. The van der Waals surface area contributed by atoms with Gasteiger partial charge in [-0.05, 0) is 32.2 Å². The third-order valence-electron chi connectivity index (χ3n) is 5.93. The summed E-state index contributed by atoms with van der Waals surface area (Å²) in [6, 6.07) is 9.56. The first kappa shape index (κ1) is 20.4. The molecular weight excluding hydrogens is 406 g/mol. The van der Waals surface area contributed by atoms with Crippen LogP contribution in [0.3, 0.4) is 0 Å². The number of amides is 1. The van der Waals surface area contributed by atoms with Crippen molar-refractivity contribution in [3.05, 3.63) is 77.3 Å². The van der Waals surface area contributed by atoms with Crippen LogP contribution < -0.4 is 0 Å². The van der Waals surface area contributed by atoms with Crippen molar-refractivity contribution in [2.75, 3.05) is 6.54 Å². The molecule has 3 aromatic heterocycles. The Hall–Kier alpha value is -3.52. The lowest BCUT2D eigenvalue weighted by molar-refractivity contribution is 0.0437. The summed E-state index contributed by atoms with van der Waals surface area (Å²) in [4.78, 5) is 32.2. The zero-order valence-electron chi connectivity index (χ0n) is 18.5. The summed E-state index contributed by atoms with van der Waals surface area (Å²) in [7, 11) is 0. The van der Waals surface area contributed by atoms with Crippen molar-refractivity contribution in [1.29, 1.82) is 0 Å². The van der Waals surface area contributed by atoms with Gasteiger partial charge in [0, 0.05) is 24.0 Å². The molecule has 4 aromatic rings. The third kappa shape index (κ3) is 3.27. The number of pyridine rings is 1. The molecule has 0 unspecified atom stereocenters. The van der Waals surface area contributed by atoms with E-state index >= 15 is 0 Å². The maximum atomic E-state index is 13.7. The second kappa shape index (κ2) is 7.27. The van der Waals surface area contributed by atoms with Gasteiger partial charge in [0.2, 0.25) is 11.7 Å². The number of aliphatic hydroxyl groups is 1. The number of aryl methyl sites for hydroxylation is 1. The Morgan fingerprint density at radius 2 is 2.00 bits per heavy atom. The molecule has 164 valence electrons. The summed E-state index contributed by atoms with van der Waals surface area (Å²) >= 11 is 0. The fourth-order valence-corrected chi connectivity index (χ4v) is 4.31. The number of nitrogens with zero attached hydrogens (tertiary/aromatic N) is 4. The second-order valence-electron chi connectivity index (χ2n) is 8.91. The minimum Gasteiger partial charge on any atom is -0.432 e. The summed E-state index contributed by atoms with van der Waals surface area (Å²) in [5, 5.41) is 12.4. The summed E-state index contributed by atoms with van der Waals surface area (Å²) in [6.07, 6.45) is 3.49. The average Bonchev–Trinajstić information content (AvgIpc) is 3.40. The Bertz CT molecular complexity index is 1320. The van der Waals surface area contributed by atoms with Crippen LogP contribution in [0.1, 0.15) is 72.0 Å². The summed E-state index contributed by atoms with van der Waals surface area (Å²) in [6.45, 7) is 7.36. The molecule has 0 radical (unpaired) electrons. The average molecular weight is 431 g/mol. The molecule has 4 heterocycles. The molecule has 1 aliphatic rings. The first-order valence-electron chi connectivity index (χ1n) is 10.6. The van der Waals surface area contributed by atoms with Crippen molar-refractivity contribution < 1.29 is 14.3 Å². The van der Waals surface area contributed by atoms with Gasteiger partial charge in [-0.25, -0.2) is 9.97 Å². The number of fused-ring (bicyclic) bond motifs is 2. The Balaban J connectivity index is 1.63. The molecule has 5 rings (SSSR count). The third-order valence-corrected chi connectivity index (χ3v) is 5.93. The number of rotatable bonds is 3. The minimum atomic E-state index is -1.28. The van der Waals surface area contributed by atoms with E-state index in [0.717, 1.165) is 27.9 Å². The summed E-state index contributed by atoms with van der Waals surface area (Å²) in [5.74, 6) is -0.0134. The van der Waals surface area contributed by atoms with Gasteiger partial charge in [-0.15, -0.1) is 0 Å². The van der Waals surface area contributed by atoms with Crippen LogP contribution in [0, 0.1) is 6.92 Å². The zero-order valence-corrected chi connectivity index (χ0v) is 18.5. The highest BCUT2D eigenvalue weighted by Gasteiger charge is 2.40. The SMILES string of the molecule is Cc1nc(C(C)(C)O)oc1C(=O)N1C[C@H](C)c2nc[nH]c2[C@H]1c1cc2ccccc2cn1. The van der Waals surface area contributed by atoms with E-state index in [1.807, 2.05) is 43.5 Å². The van der Waals surface area contributed by atoms with Crippen LogP contribution in [0.5, 0.6) is 0 Å². The van der Waals surface area contributed by atoms with Crippen LogP contribution >= 0.6 is 0 Å². The van der Waals surface area contributed by atoms with E-state index in [0.29, 0.717) is 12.2 Å². The van der Waals surface area contributed by atoms with Crippen LogP contribution in [0.4, 0.5) is 0 Å². The smallest absolute Gasteiger partial charge is 0.292 e. The van der Waals surface area contributed by atoms with Crippen molar-refractivity contribution in [2.24, 2.45) is 0 Å². The largest absolute Gasteiger partial charge is 0.432 e. The number of carbonyl (C=O) groups is 1. The molecule has 0 saturated carbocycles. The number of hydrogen-bond acceptors (Lipinski definition) is 6. The van der Waals surface area contributed by atoms with Crippen molar-refractivity contribution in [1.82, 2.24) is 24.8 Å². The monoisotopic (exact) mass is 431 g/mol. The first-order chi connectivity index (χ1) is 15.2. The highest BCUT2D eigenvalue weighted by molar-refractivity contribution is 5.93. The van der Waals surface area contributed by atoms with E-state index in [1.54, 1.807) is 32.0 Å². The van der Waals surface area contributed by atoms with E-state index < -0.39 is 11.6 Å². The molecule has 1 aliphatic heterocycles. The van der Waals surface area contributed by atoms with E-state index in [9.17, 15) is 9.90 Å². The van der Waals surface area contributed by atoms with Crippen LogP contribution in [0.25, 0.3) is 10.8 Å². The number of nitrogens with one attached hydrogen (secondary N) is 1. The maximum absolute atomic E-state index is 13.7. The van der Waals surface area contributed by atoms with Crippen molar-refractivity contribution in [3.8, 4) is 0 Å². The highest BCUT2D eigenvalue weighted by atomic mass is 16.4. The fraction of sp³-hybridized carbons (Fsp3) is 0.333. The summed E-state index contributed by atoms with van der Waals surface area (Å²) < 4.78 is 5.75. The van der Waals surface area contributed by atoms with Crippen molar-refractivity contribution in [2.45, 2.75) is 45.3 Å². The lowest BCUT2D eigenvalue weighted by atomic mass is 9.92. The van der Waals surface area contributed by atoms with E-state index in [4.69, 9.17) is 9.40 Å².